The SMILES string of the molecule is CC1CCC(CN)(N(C)CC(N)=O)CC1. The Morgan fingerprint density at radius 3 is 2.40 bits per heavy atom. The number of hydrogen-bond acceptors (Lipinski definition) is 3. The lowest BCUT2D eigenvalue weighted by molar-refractivity contribution is -0.120. The summed E-state index contributed by atoms with van der Waals surface area (Å²) in [6.45, 7) is 3.20. The highest BCUT2D eigenvalue weighted by atomic mass is 16.1. The Balaban J connectivity index is 2.63. The van der Waals surface area contributed by atoms with Gasteiger partial charge >= 0.3 is 0 Å². The van der Waals surface area contributed by atoms with Crippen molar-refractivity contribution in [3.63, 3.8) is 0 Å². The maximum atomic E-state index is 10.9. The predicted molar refractivity (Wildman–Crippen MR) is 61.2 cm³/mol. The van der Waals surface area contributed by atoms with Gasteiger partial charge in [-0.3, -0.25) is 9.69 Å². The van der Waals surface area contributed by atoms with E-state index in [4.69, 9.17) is 11.5 Å². The summed E-state index contributed by atoms with van der Waals surface area (Å²) in [5.41, 5.74) is 11.1. The van der Waals surface area contributed by atoms with Crippen LogP contribution in [0, 0.1) is 5.92 Å². The summed E-state index contributed by atoms with van der Waals surface area (Å²) in [5.74, 6) is 0.510. The molecule has 0 radical (unpaired) electrons. The maximum absolute atomic E-state index is 10.9. The normalized spacial score (nSPS) is 31.9. The van der Waals surface area contributed by atoms with Crippen LogP contribution in [0.15, 0.2) is 0 Å². The van der Waals surface area contributed by atoms with Crippen molar-refractivity contribution in [1.29, 1.82) is 0 Å². The summed E-state index contributed by atoms with van der Waals surface area (Å²) in [6.07, 6.45) is 4.55. The molecule has 0 atom stereocenters. The van der Waals surface area contributed by atoms with Gasteiger partial charge in [-0.05, 0) is 38.6 Å². The average Bonchev–Trinajstić information content (AvgIpc) is 2.18. The third kappa shape index (κ3) is 2.92. The number of primary amides is 1. The highest BCUT2D eigenvalue weighted by Crippen LogP contribution is 2.34. The molecule has 0 aromatic rings. The van der Waals surface area contributed by atoms with Gasteiger partial charge in [0.15, 0.2) is 0 Å². The van der Waals surface area contributed by atoms with E-state index in [9.17, 15) is 4.79 Å². The zero-order chi connectivity index (χ0) is 11.5. The van der Waals surface area contributed by atoms with Gasteiger partial charge < -0.3 is 11.5 Å². The van der Waals surface area contributed by atoms with Crippen LogP contribution in [0.4, 0.5) is 0 Å². The Morgan fingerprint density at radius 1 is 1.47 bits per heavy atom. The molecule has 4 nitrogen and oxygen atoms in total. The van der Waals surface area contributed by atoms with Crippen molar-refractivity contribution in [3.8, 4) is 0 Å². The molecule has 1 aliphatic rings. The second-order valence-corrected chi connectivity index (χ2v) is 4.93. The zero-order valence-electron chi connectivity index (χ0n) is 9.83. The van der Waals surface area contributed by atoms with E-state index in [0.29, 0.717) is 13.1 Å². The first kappa shape index (κ1) is 12.5. The van der Waals surface area contributed by atoms with Crippen LogP contribution < -0.4 is 11.5 Å². The fourth-order valence-corrected chi connectivity index (χ4v) is 2.44. The minimum atomic E-state index is -0.274. The van der Waals surface area contributed by atoms with Crippen LogP contribution in [0.5, 0.6) is 0 Å². The molecule has 0 saturated heterocycles. The van der Waals surface area contributed by atoms with Gasteiger partial charge in [0, 0.05) is 12.1 Å². The van der Waals surface area contributed by atoms with Gasteiger partial charge in [-0.2, -0.15) is 0 Å². The molecule has 0 aromatic carbocycles. The summed E-state index contributed by atoms with van der Waals surface area (Å²) in [4.78, 5) is 13.0. The summed E-state index contributed by atoms with van der Waals surface area (Å²) in [5, 5.41) is 0. The highest BCUT2D eigenvalue weighted by molar-refractivity contribution is 5.76. The smallest absolute Gasteiger partial charge is 0.231 e. The standard InChI is InChI=1S/C11H23N3O/c1-9-3-5-11(8-12,6-4-9)14(2)7-10(13)15/h9H,3-8,12H2,1-2H3,(H2,13,15). The monoisotopic (exact) mass is 213 g/mol. The Kier molecular flexibility index (Phi) is 4.11. The molecule has 1 aliphatic carbocycles. The lowest BCUT2D eigenvalue weighted by Gasteiger charge is -2.45. The summed E-state index contributed by atoms with van der Waals surface area (Å²) in [6, 6.07) is 0. The number of likely N-dealkylation sites (N-methyl/N-ethyl adjacent to an activating group) is 1. The molecule has 0 heterocycles. The summed E-state index contributed by atoms with van der Waals surface area (Å²) < 4.78 is 0. The second-order valence-electron chi connectivity index (χ2n) is 4.93. The first-order valence-electron chi connectivity index (χ1n) is 5.70. The molecule has 1 saturated carbocycles. The quantitative estimate of drug-likeness (QED) is 0.706. The van der Waals surface area contributed by atoms with E-state index >= 15 is 0 Å². The maximum Gasteiger partial charge on any atom is 0.231 e. The van der Waals surface area contributed by atoms with Crippen LogP contribution in [0.25, 0.3) is 0 Å². The van der Waals surface area contributed by atoms with Gasteiger partial charge in [-0.1, -0.05) is 6.92 Å². The molecule has 0 spiro atoms. The van der Waals surface area contributed by atoms with Gasteiger partial charge in [-0.15, -0.1) is 0 Å². The minimum Gasteiger partial charge on any atom is -0.369 e. The molecule has 4 heteroatoms. The molecule has 0 aliphatic heterocycles. The van der Waals surface area contributed by atoms with Crippen molar-refractivity contribution in [3.05, 3.63) is 0 Å². The van der Waals surface area contributed by atoms with E-state index in [1.165, 1.54) is 12.8 Å². The van der Waals surface area contributed by atoms with Crippen molar-refractivity contribution in [2.45, 2.75) is 38.1 Å². The van der Waals surface area contributed by atoms with Crippen molar-refractivity contribution < 1.29 is 4.79 Å². The third-order valence-electron chi connectivity index (χ3n) is 3.79. The topological polar surface area (TPSA) is 72.3 Å². The Labute approximate surface area is 92.0 Å². The lowest BCUT2D eigenvalue weighted by atomic mass is 9.76. The first-order chi connectivity index (χ1) is 7.00. The van der Waals surface area contributed by atoms with Crippen molar-refractivity contribution in [1.82, 2.24) is 4.90 Å². The van der Waals surface area contributed by atoms with Crippen LogP contribution in [0.2, 0.25) is 0 Å². The van der Waals surface area contributed by atoms with E-state index in [1.807, 2.05) is 11.9 Å². The third-order valence-corrected chi connectivity index (χ3v) is 3.79. The average molecular weight is 213 g/mol. The molecule has 88 valence electrons. The Hall–Kier alpha value is -0.610. The molecule has 0 bridgehead atoms. The molecule has 1 amide bonds. The van der Waals surface area contributed by atoms with Gasteiger partial charge in [0.2, 0.25) is 5.91 Å². The fraction of sp³-hybridized carbons (Fsp3) is 0.909. The van der Waals surface area contributed by atoms with Gasteiger partial charge in [-0.25, -0.2) is 0 Å². The molecule has 1 rings (SSSR count). The van der Waals surface area contributed by atoms with E-state index in [-0.39, 0.29) is 11.4 Å². The number of carbonyl (C=O) groups is 1. The lowest BCUT2D eigenvalue weighted by Crippen LogP contribution is -2.55. The summed E-state index contributed by atoms with van der Waals surface area (Å²) in [7, 11) is 1.95. The van der Waals surface area contributed by atoms with Crippen LogP contribution in [0.1, 0.15) is 32.6 Å². The van der Waals surface area contributed by atoms with Crippen molar-refractivity contribution in [2.24, 2.45) is 17.4 Å². The molecular formula is C11H23N3O. The molecule has 15 heavy (non-hydrogen) atoms. The van der Waals surface area contributed by atoms with Crippen LogP contribution in [-0.2, 0) is 4.79 Å². The molecule has 0 aromatic heterocycles. The zero-order valence-corrected chi connectivity index (χ0v) is 9.83. The number of nitrogens with zero attached hydrogens (tertiary/aromatic N) is 1. The van der Waals surface area contributed by atoms with Gasteiger partial charge in [0.25, 0.3) is 0 Å². The van der Waals surface area contributed by atoms with E-state index in [2.05, 4.69) is 6.92 Å². The first-order valence-corrected chi connectivity index (χ1v) is 5.70. The fourth-order valence-electron chi connectivity index (χ4n) is 2.44. The van der Waals surface area contributed by atoms with E-state index < -0.39 is 0 Å². The number of nitrogens with two attached hydrogens (primary N) is 2. The van der Waals surface area contributed by atoms with Crippen LogP contribution in [-0.4, -0.2) is 36.5 Å². The van der Waals surface area contributed by atoms with Crippen LogP contribution in [0.3, 0.4) is 0 Å². The predicted octanol–water partition coefficient (Wildman–Crippen LogP) is 0.311. The van der Waals surface area contributed by atoms with Gasteiger partial charge in [0.1, 0.15) is 0 Å². The van der Waals surface area contributed by atoms with Crippen LogP contribution >= 0.6 is 0 Å². The summed E-state index contributed by atoms with van der Waals surface area (Å²) >= 11 is 0. The minimum absolute atomic E-state index is 0.00153. The van der Waals surface area contributed by atoms with E-state index in [1.54, 1.807) is 0 Å². The Morgan fingerprint density at radius 2 is 2.00 bits per heavy atom. The number of hydrogen-bond donors (Lipinski definition) is 2. The highest BCUT2D eigenvalue weighted by Gasteiger charge is 2.36. The number of rotatable bonds is 4. The number of amides is 1. The molecule has 4 N–H and O–H groups in total. The second kappa shape index (κ2) is 4.94. The molecular weight excluding hydrogens is 190 g/mol. The number of carbonyl (C=O) groups excluding carboxylic acids is 1. The van der Waals surface area contributed by atoms with Crippen molar-refractivity contribution >= 4 is 5.91 Å². The molecule has 0 unspecified atom stereocenters. The Bertz CT molecular complexity index is 222. The van der Waals surface area contributed by atoms with E-state index in [0.717, 1.165) is 18.8 Å². The largest absolute Gasteiger partial charge is 0.369 e. The van der Waals surface area contributed by atoms with Gasteiger partial charge in [0.05, 0.1) is 6.54 Å². The van der Waals surface area contributed by atoms with Crippen molar-refractivity contribution in [2.75, 3.05) is 20.1 Å². The molecule has 1 fully saturated rings.